The van der Waals surface area contributed by atoms with Gasteiger partial charge in [-0.1, -0.05) is 30.3 Å². The van der Waals surface area contributed by atoms with Crippen molar-refractivity contribution in [2.75, 3.05) is 0 Å². The molecule has 0 saturated carbocycles. The number of hydrogen-bond acceptors (Lipinski definition) is 2. The fourth-order valence-corrected chi connectivity index (χ4v) is 4.07. The van der Waals surface area contributed by atoms with Crippen LogP contribution in [0, 0.1) is 5.82 Å². The first-order chi connectivity index (χ1) is 10.8. The molecule has 0 bridgehead atoms. The van der Waals surface area contributed by atoms with Gasteiger partial charge in [0.2, 0.25) is 0 Å². The molecule has 3 heteroatoms. The molecule has 3 aromatic rings. The predicted octanol–water partition coefficient (Wildman–Crippen LogP) is 5.85. The molecule has 0 N–H and O–H groups in total. The molecule has 22 heavy (non-hydrogen) atoms. The van der Waals surface area contributed by atoms with Crippen molar-refractivity contribution in [1.82, 2.24) is 4.98 Å². The lowest BCUT2D eigenvalue weighted by Gasteiger charge is -2.04. The van der Waals surface area contributed by atoms with E-state index in [1.807, 2.05) is 24.3 Å². The Balaban J connectivity index is 2.03. The highest BCUT2D eigenvalue weighted by molar-refractivity contribution is 7.17. The van der Waals surface area contributed by atoms with Crippen LogP contribution >= 0.6 is 11.3 Å². The Morgan fingerprint density at radius 2 is 1.82 bits per heavy atom. The van der Waals surface area contributed by atoms with Crippen molar-refractivity contribution in [2.45, 2.75) is 0 Å². The van der Waals surface area contributed by atoms with Crippen LogP contribution in [-0.2, 0) is 0 Å². The molecule has 0 aliphatic carbocycles. The van der Waals surface area contributed by atoms with Crippen LogP contribution in [0.2, 0.25) is 0 Å². The van der Waals surface area contributed by atoms with E-state index in [1.54, 1.807) is 17.4 Å². The van der Waals surface area contributed by atoms with Gasteiger partial charge in [-0.15, -0.1) is 11.3 Å². The smallest absolute Gasteiger partial charge is 0.123 e. The lowest BCUT2D eigenvalue weighted by Crippen LogP contribution is -1.81. The van der Waals surface area contributed by atoms with Crippen molar-refractivity contribution in [3.8, 4) is 11.3 Å². The first-order valence-corrected chi connectivity index (χ1v) is 7.97. The molecule has 5 rings (SSSR count). The van der Waals surface area contributed by atoms with Gasteiger partial charge in [0.25, 0.3) is 0 Å². The van der Waals surface area contributed by atoms with Gasteiger partial charge in [-0.05, 0) is 35.0 Å². The summed E-state index contributed by atoms with van der Waals surface area (Å²) in [6.07, 6.45) is 0. The topological polar surface area (TPSA) is 12.9 Å². The van der Waals surface area contributed by atoms with Crippen LogP contribution in [0.15, 0.2) is 60.0 Å². The van der Waals surface area contributed by atoms with Crippen LogP contribution in [0.1, 0.15) is 0 Å². The minimum absolute atomic E-state index is 0.218. The van der Waals surface area contributed by atoms with E-state index in [2.05, 4.69) is 23.6 Å². The molecule has 0 atom stereocenters. The SMILES string of the molecule is Fc1ccc2scc3c4c(ccc5ccccc54)nc-3c2c1. The summed E-state index contributed by atoms with van der Waals surface area (Å²) in [6.45, 7) is 0. The van der Waals surface area contributed by atoms with Gasteiger partial charge >= 0.3 is 0 Å². The third-order valence-electron chi connectivity index (χ3n) is 4.16. The van der Waals surface area contributed by atoms with E-state index in [0.29, 0.717) is 0 Å². The minimum Gasteiger partial charge on any atom is -0.247 e. The third kappa shape index (κ3) is 1.54. The summed E-state index contributed by atoms with van der Waals surface area (Å²) in [7, 11) is 0. The van der Waals surface area contributed by atoms with E-state index in [9.17, 15) is 4.39 Å². The van der Waals surface area contributed by atoms with E-state index in [1.165, 1.54) is 16.8 Å². The van der Waals surface area contributed by atoms with Crippen LogP contribution < -0.4 is 0 Å². The highest BCUT2D eigenvalue weighted by Gasteiger charge is 2.17. The largest absolute Gasteiger partial charge is 0.247 e. The van der Waals surface area contributed by atoms with E-state index in [4.69, 9.17) is 4.98 Å². The summed E-state index contributed by atoms with van der Waals surface area (Å²) < 4.78 is 14.7. The molecular weight excluding hydrogens is 293 g/mol. The number of benzene rings is 3. The van der Waals surface area contributed by atoms with E-state index >= 15 is 0 Å². The molecule has 2 aliphatic rings. The summed E-state index contributed by atoms with van der Waals surface area (Å²) in [6, 6.07) is 17.4. The zero-order chi connectivity index (χ0) is 14.7. The zero-order valence-corrected chi connectivity index (χ0v) is 12.3. The molecule has 1 nitrogen and oxygen atoms in total. The Morgan fingerprint density at radius 1 is 0.909 bits per heavy atom. The van der Waals surface area contributed by atoms with Gasteiger partial charge in [0, 0.05) is 26.4 Å². The quantitative estimate of drug-likeness (QED) is 0.350. The van der Waals surface area contributed by atoms with Crippen molar-refractivity contribution in [3.05, 3.63) is 65.8 Å². The zero-order valence-electron chi connectivity index (χ0n) is 11.5. The van der Waals surface area contributed by atoms with Gasteiger partial charge in [0.05, 0.1) is 11.2 Å². The first-order valence-electron chi connectivity index (χ1n) is 7.09. The number of rotatable bonds is 0. The van der Waals surface area contributed by atoms with Crippen LogP contribution in [-0.4, -0.2) is 4.98 Å². The molecule has 0 amide bonds. The molecule has 3 aromatic carbocycles. The lowest BCUT2D eigenvalue weighted by atomic mass is 10.0. The molecule has 0 radical (unpaired) electrons. The van der Waals surface area contributed by atoms with Crippen molar-refractivity contribution in [2.24, 2.45) is 0 Å². The van der Waals surface area contributed by atoms with Crippen LogP contribution in [0.25, 0.3) is 43.0 Å². The average molecular weight is 303 g/mol. The second kappa shape index (κ2) is 4.24. The number of nitrogens with zero attached hydrogens (tertiary/aromatic N) is 1. The Labute approximate surface area is 130 Å². The molecule has 2 aliphatic heterocycles. The van der Waals surface area contributed by atoms with E-state index < -0.39 is 0 Å². The average Bonchev–Trinajstić information content (AvgIpc) is 2.94. The Morgan fingerprint density at radius 3 is 2.77 bits per heavy atom. The highest BCUT2D eigenvalue weighted by atomic mass is 32.1. The number of aromatic nitrogens is 1. The van der Waals surface area contributed by atoms with Gasteiger partial charge < -0.3 is 0 Å². The standard InChI is InChI=1S/C19H10FNS/c20-12-6-8-17-14(9-12)19-15(10-22-17)18-13-4-2-1-3-11(13)5-7-16(18)21-19/h1-10H. The molecule has 0 spiro atoms. The number of fused-ring (bicyclic) bond motifs is 7. The summed E-state index contributed by atoms with van der Waals surface area (Å²) >= 11 is 1.64. The number of hydrogen-bond donors (Lipinski definition) is 0. The highest BCUT2D eigenvalue weighted by Crippen LogP contribution is 2.41. The maximum Gasteiger partial charge on any atom is 0.123 e. The Hall–Kier alpha value is -2.52. The second-order valence-electron chi connectivity index (χ2n) is 5.43. The molecule has 0 unspecified atom stereocenters. The molecule has 2 heterocycles. The molecule has 104 valence electrons. The normalized spacial score (nSPS) is 11.9. The number of halogens is 1. The Bertz CT molecular complexity index is 1140. The first kappa shape index (κ1) is 12.1. The summed E-state index contributed by atoms with van der Waals surface area (Å²) in [4.78, 5) is 4.77. The fourth-order valence-electron chi connectivity index (χ4n) is 3.17. The molecule has 0 saturated heterocycles. The molecule has 0 fully saturated rings. The summed E-state index contributed by atoms with van der Waals surface area (Å²) in [5.74, 6) is -0.218. The van der Waals surface area contributed by atoms with Crippen LogP contribution in [0.5, 0.6) is 0 Å². The van der Waals surface area contributed by atoms with Crippen molar-refractivity contribution >= 4 is 43.1 Å². The van der Waals surface area contributed by atoms with Gasteiger partial charge in [-0.3, -0.25) is 0 Å². The lowest BCUT2D eigenvalue weighted by molar-refractivity contribution is 0.630. The van der Waals surface area contributed by atoms with Crippen molar-refractivity contribution < 1.29 is 4.39 Å². The van der Waals surface area contributed by atoms with Crippen molar-refractivity contribution in [3.63, 3.8) is 0 Å². The van der Waals surface area contributed by atoms with Crippen LogP contribution in [0.4, 0.5) is 4.39 Å². The van der Waals surface area contributed by atoms with E-state index in [0.717, 1.165) is 32.2 Å². The maximum absolute atomic E-state index is 13.6. The third-order valence-corrected chi connectivity index (χ3v) is 5.13. The molecular formula is C19H10FNS. The van der Waals surface area contributed by atoms with Crippen LogP contribution in [0.3, 0.4) is 0 Å². The second-order valence-corrected chi connectivity index (χ2v) is 6.34. The predicted molar refractivity (Wildman–Crippen MR) is 91.2 cm³/mol. The van der Waals surface area contributed by atoms with Gasteiger partial charge in [0.15, 0.2) is 0 Å². The summed E-state index contributed by atoms with van der Waals surface area (Å²) in [5, 5.41) is 6.59. The van der Waals surface area contributed by atoms with Crippen molar-refractivity contribution in [1.29, 1.82) is 0 Å². The molecule has 0 aromatic heterocycles. The van der Waals surface area contributed by atoms with E-state index in [-0.39, 0.29) is 5.82 Å². The monoisotopic (exact) mass is 303 g/mol. The fraction of sp³-hybridized carbons (Fsp3) is 0. The van der Waals surface area contributed by atoms with Gasteiger partial charge in [0.1, 0.15) is 5.82 Å². The summed E-state index contributed by atoms with van der Waals surface area (Å²) in [5.41, 5.74) is 2.96. The Kier molecular flexibility index (Phi) is 2.33. The maximum atomic E-state index is 13.6. The minimum atomic E-state index is -0.218. The van der Waals surface area contributed by atoms with Gasteiger partial charge in [-0.2, -0.15) is 0 Å². The van der Waals surface area contributed by atoms with Gasteiger partial charge in [-0.25, -0.2) is 9.37 Å².